The molecule has 0 atom stereocenters. The Morgan fingerprint density at radius 3 is 1.94 bits per heavy atom. The average Bonchev–Trinajstić information content (AvgIpc) is 2.75. The molecule has 1 fully saturated rings. The van der Waals surface area contributed by atoms with Gasteiger partial charge in [-0.15, -0.1) is 0 Å². The summed E-state index contributed by atoms with van der Waals surface area (Å²) in [4.78, 5) is 0.460. The number of hydrogen-bond acceptors (Lipinski definition) is 4. The maximum absolute atomic E-state index is 13.1. The molecular weight excluding hydrogens is 456 g/mol. The zero-order valence-corrected chi connectivity index (χ0v) is 20.5. The average molecular weight is 485 g/mol. The van der Waals surface area contributed by atoms with E-state index in [0.29, 0.717) is 16.1 Å². The highest BCUT2D eigenvalue weighted by Crippen LogP contribution is 2.28. The smallest absolute Gasteiger partial charge is 0.207 e. The summed E-state index contributed by atoms with van der Waals surface area (Å²) in [5.41, 5.74) is 2.38. The van der Waals surface area contributed by atoms with Crippen LogP contribution in [0.4, 0.5) is 0 Å². The van der Waals surface area contributed by atoms with E-state index in [1.165, 1.54) is 8.61 Å². The summed E-state index contributed by atoms with van der Waals surface area (Å²) in [6.45, 7) is 6.04. The van der Waals surface area contributed by atoms with E-state index in [9.17, 15) is 16.8 Å². The van der Waals surface area contributed by atoms with E-state index < -0.39 is 20.0 Å². The Morgan fingerprint density at radius 2 is 1.39 bits per heavy atom. The van der Waals surface area contributed by atoms with Crippen LogP contribution in [-0.4, -0.2) is 51.6 Å². The predicted molar refractivity (Wildman–Crippen MR) is 123 cm³/mol. The molecule has 6 nitrogen and oxygen atoms in total. The van der Waals surface area contributed by atoms with Crippen LogP contribution < -0.4 is 0 Å². The molecule has 0 N–H and O–H groups in total. The Kier molecular flexibility index (Phi) is 7.48. The van der Waals surface area contributed by atoms with Gasteiger partial charge < -0.3 is 0 Å². The first kappa shape index (κ1) is 24.2. The van der Waals surface area contributed by atoms with Crippen LogP contribution in [0.15, 0.2) is 46.2 Å². The molecule has 1 heterocycles. The fourth-order valence-electron chi connectivity index (χ4n) is 3.68. The number of halogens is 1. The van der Waals surface area contributed by atoms with Crippen LogP contribution in [0.2, 0.25) is 5.02 Å². The quantitative estimate of drug-likeness (QED) is 0.595. The molecule has 1 saturated heterocycles. The molecule has 0 unspecified atom stereocenters. The highest BCUT2D eigenvalue weighted by molar-refractivity contribution is 7.89. The molecule has 0 bridgehead atoms. The second-order valence-electron chi connectivity index (χ2n) is 7.92. The third kappa shape index (κ3) is 5.14. The number of hydrogen-bond donors (Lipinski definition) is 0. The van der Waals surface area contributed by atoms with E-state index in [4.69, 9.17) is 11.6 Å². The van der Waals surface area contributed by atoms with Crippen LogP contribution in [0.5, 0.6) is 0 Å². The van der Waals surface area contributed by atoms with Crippen molar-refractivity contribution in [2.75, 3.05) is 26.2 Å². The lowest BCUT2D eigenvalue weighted by Gasteiger charge is -2.33. The first-order chi connectivity index (χ1) is 14.6. The number of aryl methyl sites for hydroxylation is 3. The van der Waals surface area contributed by atoms with Gasteiger partial charge in [-0.2, -0.15) is 8.61 Å². The SMILES string of the molecule is CCCCc1ccc(S(=O)(=O)N2CCN(S(=O)(=O)c3cc(C)c(Cl)cc3C)CC2)cc1. The lowest BCUT2D eigenvalue weighted by molar-refractivity contribution is 0.272. The second-order valence-corrected chi connectivity index (χ2v) is 12.2. The van der Waals surface area contributed by atoms with Crippen LogP contribution in [0.25, 0.3) is 0 Å². The summed E-state index contributed by atoms with van der Waals surface area (Å²) in [5, 5.41) is 0.521. The summed E-state index contributed by atoms with van der Waals surface area (Å²) in [6.07, 6.45) is 3.08. The molecule has 31 heavy (non-hydrogen) atoms. The molecule has 9 heteroatoms. The van der Waals surface area contributed by atoms with Crippen molar-refractivity contribution < 1.29 is 16.8 Å². The summed E-state index contributed by atoms with van der Waals surface area (Å²) in [7, 11) is -7.39. The number of nitrogens with zero attached hydrogens (tertiary/aromatic N) is 2. The van der Waals surface area contributed by atoms with Crippen molar-refractivity contribution in [2.24, 2.45) is 0 Å². The van der Waals surface area contributed by atoms with Crippen molar-refractivity contribution in [1.29, 1.82) is 0 Å². The maximum atomic E-state index is 13.1. The molecule has 2 aromatic rings. The molecule has 0 saturated carbocycles. The first-order valence-electron chi connectivity index (χ1n) is 10.4. The molecular formula is C22H29ClN2O4S2. The lowest BCUT2D eigenvalue weighted by Crippen LogP contribution is -2.50. The van der Waals surface area contributed by atoms with Crippen molar-refractivity contribution in [3.63, 3.8) is 0 Å². The van der Waals surface area contributed by atoms with Gasteiger partial charge in [0.1, 0.15) is 0 Å². The molecule has 3 rings (SSSR count). The molecule has 1 aliphatic heterocycles. The van der Waals surface area contributed by atoms with E-state index in [0.717, 1.165) is 24.8 Å². The van der Waals surface area contributed by atoms with E-state index in [-0.39, 0.29) is 36.0 Å². The van der Waals surface area contributed by atoms with Gasteiger partial charge in [-0.1, -0.05) is 37.1 Å². The Morgan fingerprint density at radius 1 is 0.839 bits per heavy atom. The van der Waals surface area contributed by atoms with E-state index in [1.54, 1.807) is 38.1 Å². The summed E-state index contributed by atoms with van der Waals surface area (Å²) in [6, 6.07) is 10.2. The monoisotopic (exact) mass is 484 g/mol. The third-order valence-corrected chi connectivity index (χ3v) is 10.0. The van der Waals surface area contributed by atoms with E-state index in [1.807, 2.05) is 12.1 Å². The molecule has 170 valence electrons. The largest absolute Gasteiger partial charge is 0.243 e. The van der Waals surface area contributed by atoms with Gasteiger partial charge in [0.05, 0.1) is 9.79 Å². The van der Waals surface area contributed by atoms with Crippen molar-refractivity contribution in [1.82, 2.24) is 8.61 Å². The number of unbranched alkanes of at least 4 members (excludes halogenated alkanes) is 1. The number of rotatable bonds is 7. The van der Waals surface area contributed by atoms with Gasteiger partial charge in [-0.25, -0.2) is 16.8 Å². The zero-order chi connectivity index (χ0) is 22.8. The van der Waals surface area contributed by atoms with Gasteiger partial charge in [0.2, 0.25) is 20.0 Å². The molecule has 0 aromatic heterocycles. The third-order valence-electron chi connectivity index (χ3n) is 5.65. The molecule has 0 amide bonds. The van der Waals surface area contributed by atoms with Gasteiger partial charge in [-0.05, 0) is 67.6 Å². The van der Waals surface area contributed by atoms with Crippen molar-refractivity contribution in [3.05, 3.63) is 58.1 Å². The normalized spacial score (nSPS) is 16.5. The maximum Gasteiger partial charge on any atom is 0.243 e. The minimum atomic E-state index is -3.73. The molecule has 1 aliphatic rings. The van der Waals surface area contributed by atoms with Crippen LogP contribution in [0.1, 0.15) is 36.5 Å². The van der Waals surface area contributed by atoms with Crippen LogP contribution >= 0.6 is 11.6 Å². The van der Waals surface area contributed by atoms with Crippen LogP contribution in [0, 0.1) is 13.8 Å². The minimum absolute atomic E-state index is 0.108. The Hall–Kier alpha value is -1.45. The van der Waals surface area contributed by atoms with Crippen molar-refractivity contribution in [3.8, 4) is 0 Å². The predicted octanol–water partition coefficient (Wildman–Crippen LogP) is 3.99. The fourth-order valence-corrected chi connectivity index (χ4v) is 7.03. The number of benzene rings is 2. The Labute approximate surface area is 190 Å². The van der Waals surface area contributed by atoms with Crippen LogP contribution in [-0.2, 0) is 26.5 Å². The molecule has 2 aromatic carbocycles. The minimum Gasteiger partial charge on any atom is -0.207 e. The topological polar surface area (TPSA) is 74.8 Å². The summed E-state index contributed by atoms with van der Waals surface area (Å²) < 4.78 is 55.0. The standard InChI is InChI=1S/C22H29ClN2O4S2/c1-4-5-6-19-7-9-20(10-8-19)30(26,27)24-11-13-25(14-12-24)31(28,29)22-16-17(2)21(23)15-18(22)3/h7-10,15-16H,4-6,11-14H2,1-3H3. The Bertz CT molecular complexity index is 1140. The second kappa shape index (κ2) is 9.58. The van der Waals surface area contributed by atoms with Crippen molar-refractivity contribution >= 4 is 31.6 Å². The van der Waals surface area contributed by atoms with Crippen molar-refractivity contribution in [2.45, 2.75) is 49.8 Å². The summed E-state index contributed by atoms with van der Waals surface area (Å²) >= 11 is 6.10. The fraction of sp³-hybridized carbons (Fsp3) is 0.455. The van der Waals surface area contributed by atoms with Gasteiger partial charge >= 0.3 is 0 Å². The number of sulfonamides is 2. The van der Waals surface area contributed by atoms with E-state index >= 15 is 0 Å². The number of piperazine rings is 1. The molecule has 0 spiro atoms. The highest BCUT2D eigenvalue weighted by Gasteiger charge is 2.34. The highest BCUT2D eigenvalue weighted by atomic mass is 35.5. The van der Waals surface area contributed by atoms with E-state index in [2.05, 4.69) is 6.92 Å². The van der Waals surface area contributed by atoms with Gasteiger partial charge in [0, 0.05) is 31.2 Å². The van der Waals surface area contributed by atoms with Gasteiger partial charge in [0.15, 0.2) is 0 Å². The van der Waals surface area contributed by atoms with Crippen LogP contribution in [0.3, 0.4) is 0 Å². The van der Waals surface area contributed by atoms with Gasteiger partial charge in [0.25, 0.3) is 0 Å². The lowest BCUT2D eigenvalue weighted by atomic mass is 10.1. The first-order valence-corrected chi connectivity index (χ1v) is 13.7. The van der Waals surface area contributed by atoms with Gasteiger partial charge in [-0.3, -0.25) is 0 Å². The summed E-state index contributed by atoms with van der Waals surface area (Å²) in [5.74, 6) is 0. The Balaban J connectivity index is 1.73. The zero-order valence-electron chi connectivity index (χ0n) is 18.1. The molecule has 0 radical (unpaired) electrons. The molecule has 0 aliphatic carbocycles.